The Kier molecular flexibility index (Phi) is 3.72. The van der Waals surface area contributed by atoms with Crippen molar-refractivity contribution in [3.8, 4) is 0 Å². The molecule has 0 atom stereocenters. The number of halogens is 1. The highest BCUT2D eigenvalue weighted by Gasteiger charge is 2.21. The highest BCUT2D eigenvalue weighted by atomic mass is 35.5. The molecule has 0 fully saturated rings. The second-order valence-electron chi connectivity index (χ2n) is 3.60. The molecule has 0 aliphatic carbocycles. The van der Waals surface area contributed by atoms with E-state index < -0.39 is 16.5 Å². The van der Waals surface area contributed by atoms with E-state index in [-0.39, 0.29) is 10.7 Å². The van der Waals surface area contributed by atoms with Gasteiger partial charge in [0.1, 0.15) is 16.9 Å². The number of anilines is 1. The fourth-order valence-corrected chi connectivity index (χ4v) is 1.63. The molecule has 7 heteroatoms. The van der Waals surface area contributed by atoms with E-state index in [1.165, 1.54) is 0 Å². The molecule has 1 N–H and O–H groups in total. The second kappa shape index (κ2) is 5.45. The number of aromatic nitrogens is 1. The fourth-order valence-electron chi connectivity index (χ4n) is 1.47. The monoisotopic (exact) mass is 277 g/mol. The number of pyridine rings is 1. The number of nitro groups is 1. The van der Waals surface area contributed by atoms with Crippen LogP contribution in [-0.2, 0) is 0 Å². The topological polar surface area (TPSA) is 85.1 Å². The lowest BCUT2D eigenvalue weighted by Gasteiger charge is -2.05. The summed E-state index contributed by atoms with van der Waals surface area (Å²) in [4.78, 5) is 25.7. The van der Waals surface area contributed by atoms with E-state index in [0.29, 0.717) is 5.69 Å². The molecule has 96 valence electrons. The molecule has 1 amide bonds. The van der Waals surface area contributed by atoms with Crippen molar-refractivity contribution < 1.29 is 9.72 Å². The summed E-state index contributed by atoms with van der Waals surface area (Å²) in [6.45, 7) is 0. The van der Waals surface area contributed by atoms with Crippen LogP contribution in [0.15, 0.2) is 42.6 Å². The Morgan fingerprint density at radius 3 is 2.63 bits per heavy atom. The molecule has 2 aromatic rings. The number of nitrogens with one attached hydrogen (secondary N) is 1. The van der Waals surface area contributed by atoms with Gasteiger partial charge in [-0.3, -0.25) is 14.9 Å². The van der Waals surface area contributed by atoms with E-state index in [1.54, 1.807) is 30.3 Å². The molecule has 0 aliphatic heterocycles. The maximum atomic E-state index is 12.0. The Morgan fingerprint density at radius 1 is 1.32 bits per heavy atom. The zero-order valence-corrected chi connectivity index (χ0v) is 10.3. The molecular formula is C12H8ClN3O3. The Bertz CT molecular complexity index is 631. The standard InChI is InChI=1S/C12H8ClN3O3/c13-11-6-9(10(7-14-11)16(18)19)12(17)15-8-4-2-1-3-5-8/h1-7H,(H,15,17). The molecule has 0 aliphatic rings. The summed E-state index contributed by atoms with van der Waals surface area (Å²) in [7, 11) is 0. The minimum Gasteiger partial charge on any atom is -0.322 e. The predicted molar refractivity (Wildman–Crippen MR) is 70.3 cm³/mol. The van der Waals surface area contributed by atoms with Gasteiger partial charge in [-0.2, -0.15) is 0 Å². The van der Waals surface area contributed by atoms with Gasteiger partial charge >= 0.3 is 0 Å². The van der Waals surface area contributed by atoms with Crippen LogP contribution in [0, 0.1) is 10.1 Å². The molecule has 0 bridgehead atoms. The van der Waals surface area contributed by atoms with Crippen molar-refractivity contribution in [3.05, 3.63) is 63.4 Å². The number of carbonyl (C=O) groups is 1. The minimum atomic E-state index is -0.677. The SMILES string of the molecule is O=C(Nc1ccccc1)c1cc(Cl)ncc1[N+](=O)[O-]. The summed E-state index contributed by atoms with van der Waals surface area (Å²) >= 11 is 5.65. The first kappa shape index (κ1) is 13.0. The molecule has 1 aromatic carbocycles. The van der Waals surface area contributed by atoms with Gasteiger partial charge in [0.2, 0.25) is 0 Å². The lowest BCUT2D eigenvalue weighted by Crippen LogP contribution is -2.14. The van der Waals surface area contributed by atoms with Crippen LogP contribution in [0.4, 0.5) is 11.4 Å². The molecule has 0 saturated carbocycles. The van der Waals surface area contributed by atoms with Gasteiger partial charge in [0, 0.05) is 5.69 Å². The number of carbonyl (C=O) groups excluding carboxylic acids is 1. The molecule has 0 unspecified atom stereocenters. The second-order valence-corrected chi connectivity index (χ2v) is 3.99. The van der Waals surface area contributed by atoms with Crippen LogP contribution in [-0.4, -0.2) is 15.8 Å². The molecule has 1 heterocycles. The summed E-state index contributed by atoms with van der Waals surface area (Å²) in [6.07, 6.45) is 0.961. The summed E-state index contributed by atoms with van der Waals surface area (Å²) < 4.78 is 0. The van der Waals surface area contributed by atoms with E-state index in [4.69, 9.17) is 11.6 Å². The van der Waals surface area contributed by atoms with Gasteiger partial charge in [-0.15, -0.1) is 0 Å². The van der Waals surface area contributed by atoms with Gasteiger partial charge in [0.05, 0.1) is 4.92 Å². The van der Waals surface area contributed by atoms with Crippen molar-refractivity contribution >= 4 is 28.9 Å². The van der Waals surface area contributed by atoms with Crippen molar-refractivity contribution in [2.24, 2.45) is 0 Å². The van der Waals surface area contributed by atoms with Crippen LogP contribution < -0.4 is 5.32 Å². The van der Waals surface area contributed by atoms with E-state index in [1.807, 2.05) is 0 Å². The van der Waals surface area contributed by atoms with Crippen molar-refractivity contribution in [2.75, 3.05) is 5.32 Å². The maximum absolute atomic E-state index is 12.0. The number of para-hydroxylation sites is 1. The number of amides is 1. The summed E-state index contributed by atoms with van der Waals surface area (Å²) in [5, 5.41) is 13.4. The minimum absolute atomic E-state index is 0.0174. The normalized spacial score (nSPS) is 9.95. The zero-order chi connectivity index (χ0) is 13.8. The lowest BCUT2D eigenvalue weighted by molar-refractivity contribution is -0.385. The Balaban J connectivity index is 2.33. The first-order valence-corrected chi connectivity index (χ1v) is 5.62. The van der Waals surface area contributed by atoms with Gasteiger partial charge in [-0.05, 0) is 18.2 Å². The van der Waals surface area contributed by atoms with Crippen LogP contribution >= 0.6 is 11.6 Å². The summed E-state index contributed by atoms with van der Waals surface area (Å²) in [5.74, 6) is -0.609. The average molecular weight is 278 g/mol. The predicted octanol–water partition coefficient (Wildman–Crippen LogP) is 2.90. The quantitative estimate of drug-likeness (QED) is 0.531. The Labute approximate surface area is 113 Å². The lowest BCUT2D eigenvalue weighted by atomic mass is 10.2. The van der Waals surface area contributed by atoms with E-state index in [2.05, 4.69) is 10.3 Å². The van der Waals surface area contributed by atoms with Crippen molar-refractivity contribution in [1.29, 1.82) is 0 Å². The number of hydrogen-bond donors (Lipinski definition) is 1. The summed E-state index contributed by atoms with van der Waals surface area (Å²) in [5.41, 5.74) is 0.0152. The number of rotatable bonds is 3. The smallest absolute Gasteiger partial charge is 0.300 e. The number of nitrogens with zero attached hydrogens (tertiary/aromatic N) is 2. The molecule has 0 spiro atoms. The highest BCUT2D eigenvalue weighted by molar-refractivity contribution is 6.30. The first-order chi connectivity index (χ1) is 9.08. The Hall–Kier alpha value is -2.47. The molecule has 19 heavy (non-hydrogen) atoms. The molecule has 0 radical (unpaired) electrons. The van der Waals surface area contributed by atoms with Crippen molar-refractivity contribution in [3.63, 3.8) is 0 Å². The van der Waals surface area contributed by atoms with Crippen molar-refractivity contribution in [2.45, 2.75) is 0 Å². The van der Waals surface area contributed by atoms with Crippen molar-refractivity contribution in [1.82, 2.24) is 4.98 Å². The molecule has 2 rings (SSSR count). The molecule has 0 saturated heterocycles. The first-order valence-electron chi connectivity index (χ1n) is 5.24. The van der Waals surface area contributed by atoms with Crippen LogP contribution in [0.5, 0.6) is 0 Å². The van der Waals surface area contributed by atoms with Crippen LogP contribution in [0.2, 0.25) is 5.15 Å². The fraction of sp³-hybridized carbons (Fsp3) is 0. The van der Waals surface area contributed by atoms with Crippen LogP contribution in [0.3, 0.4) is 0 Å². The largest absolute Gasteiger partial charge is 0.322 e. The van der Waals surface area contributed by atoms with Gasteiger partial charge in [0.15, 0.2) is 0 Å². The number of benzene rings is 1. The van der Waals surface area contributed by atoms with Gasteiger partial charge in [0.25, 0.3) is 11.6 Å². The molecule has 6 nitrogen and oxygen atoms in total. The molecule has 1 aromatic heterocycles. The van der Waals surface area contributed by atoms with Crippen LogP contribution in [0.1, 0.15) is 10.4 Å². The van der Waals surface area contributed by atoms with Gasteiger partial charge < -0.3 is 5.32 Å². The number of hydrogen-bond acceptors (Lipinski definition) is 4. The van der Waals surface area contributed by atoms with Crippen LogP contribution in [0.25, 0.3) is 0 Å². The van der Waals surface area contributed by atoms with E-state index in [9.17, 15) is 14.9 Å². The highest BCUT2D eigenvalue weighted by Crippen LogP contribution is 2.21. The summed E-state index contributed by atoms with van der Waals surface area (Å²) in [6, 6.07) is 9.78. The van der Waals surface area contributed by atoms with Gasteiger partial charge in [-0.25, -0.2) is 4.98 Å². The third kappa shape index (κ3) is 3.05. The molecular weight excluding hydrogens is 270 g/mol. The third-order valence-corrected chi connectivity index (χ3v) is 2.53. The average Bonchev–Trinajstić information content (AvgIpc) is 2.39. The van der Waals surface area contributed by atoms with Gasteiger partial charge in [-0.1, -0.05) is 29.8 Å². The third-order valence-electron chi connectivity index (χ3n) is 2.32. The van der Waals surface area contributed by atoms with E-state index >= 15 is 0 Å². The van der Waals surface area contributed by atoms with E-state index in [0.717, 1.165) is 12.3 Å². The Morgan fingerprint density at radius 2 is 2.00 bits per heavy atom. The maximum Gasteiger partial charge on any atom is 0.300 e. The zero-order valence-electron chi connectivity index (χ0n) is 9.54.